The SMILES string of the molecule is CC(C)CC(=O)N1CCN(C(C)C(N)=S)CC1. The van der Waals surface area contributed by atoms with Crippen LogP contribution in [0.1, 0.15) is 27.2 Å². The van der Waals surface area contributed by atoms with E-state index in [2.05, 4.69) is 18.7 Å². The predicted molar refractivity (Wildman–Crippen MR) is 73.9 cm³/mol. The van der Waals surface area contributed by atoms with E-state index in [0.717, 1.165) is 26.2 Å². The van der Waals surface area contributed by atoms with Crippen LogP contribution in [0.2, 0.25) is 0 Å². The van der Waals surface area contributed by atoms with Gasteiger partial charge in [0.1, 0.15) is 0 Å². The molecule has 1 atom stereocenters. The summed E-state index contributed by atoms with van der Waals surface area (Å²) in [6.07, 6.45) is 0.644. The van der Waals surface area contributed by atoms with Crippen LogP contribution in [0, 0.1) is 5.92 Å². The van der Waals surface area contributed by atoms with Gasteiger partial charge >= 0.3 is 0 Å². The minimum Gasteiger partial charge on any atom is -0.392 e. The van der Waals surface area contributed by atoms with Crippen LogP contribution in [-0.4, -0.2) is 52.9 Å². The fourth-order valence-electron chi connectivity index (χ4n) is 2.02. The van der Waals surface area contributed by atoms with Gasteiger partial charge < -0.3 is 10.6 Å². The zero-order valence-corrected chi connectivity index (χ0v) is 11.8. The topological polar surface area (TPSA) is 49.6 Å². The van der Waals surface area contributed by atoms with Gasteiger partial charge in [-0.05, 0) is 12.8 Å². The minimum absolute atomic E-state index is 0.132. The summed E-state index contributed by atoms with van der Waals surface area (Å²) in [5, 5.41) is 0. The van der Waals surface area contributed by atoms with Gasteiger partial charge in [-0.25, -0.2) is 0 Å². The summed E-state index contributed by atoms with van der Waals surface area (Å²) in [5.74, 6) is 0.693. The maximum absolute atomic E-state index is 11.9. The first kappa shape index (κ1) is 14.4. The summed E-state index contributed by atoms with van der Waals surface area (Å²) in [6, 6.07) is 0.132. The van der Waals surface area contributed by atoms with Crippen molar-refractivity contribution in [1.82, 2.24) is 9.80 Å². The number of thiocarbonyl (C=S) groups is 1. The molecule has 0 aromatic rings. The molecule has 1 saturated heterocycles. The van der Waals surface area contributed by atoms with E-state index in [1.54, 1.807) is 0 Å². The molecule has 0 spiro atoms. The lowest BCUT2D eigenvalue weighted by atomic mass is 10.1. The van der Waals surface area contributed by atoms with Crippen LogP contribution in [0.4, 0.5) is 0 Å². The quantitative estimate of drug-likeness (QED) is 0.759. The maximum Gasteiger partial charge on any atom is 0.222 e. The Hall–Kier alpha value is -0.680. The molecule has 1 aliphatic heterocycles. The highest BCUT2D eigenvalue weighted by Crippen LogP contribution is 2.10. The van der Waals surface area contributed by atoms with Gasteiger partial charge in [0.05, 0.1) is 11.0 Å². The lowest BCUT2D eigenvalue weighted by Gasteiger charge is -2.37. The third-order valence-corrected chi connectivity index (χ3v) is 3.55. The van der Waals surface area contributed by atoms with Crippen LogP contribution >= 0.6 is 12.2 Å². The van der Waals surface area contributed by atoms with Gasteiger partial charge in [0.25, 0.3) is 0 Å². The van der Waals surface area contributed by atoms with Gasteiger partial charge in [-0.3, -0.25) is 9.69 Å². The molecule has 2 N–H and O–H groups in total. The van der Waals surface area contributed by atoms with Crippen LogP contribution in [-0.2, 0) is 4.79 Å². The van der Waals surface area contributed by atoms with Gasteiger partial charge in [-0.2, -0.15) is 0 Å². The fraction of sp³-hybridized carbons (Fsp3) is 0.833. The van der Waals surface area contributed by atoms with E-state index < -0.39 is 0 Å². The molecular formula is C12H23N3OS. The third kappa shape index (κ3) is 4.24. The third-order valence-electron chi connectivity index (χ3n) is 3.21. The van der Waals surface area contributed by atoms with Crippen LogP contribution < -0.4 is 5.73 Å². The van der Waals surface area contributed by atoms with Crippen molar-refractivity contribution >= 4 is 23.1 Å². The molecule has 98 valence electrons. The van der Waals surface area contributed by atoms with Gasteiger partial charge in [-0.15, -0.1) is 0 Å². The van der Waals surface area contributed by atoms with Crippen LogP contribution in [0.15, 0.2) is 0 Å². The van der Waals surface area contributed by atoms with Gasteiger partial charge in [0.2, 0.25) is 5.91 Å². The van der Waals surface area contributed by atoms with Crippen LogP contribution in [0.5, 0.6) is 0 Å². The first-order valence-corrected chi connectivity index (χ1v) is 6.63. The highest BCUT2D eigenvalue weighted by atomic mass is 32.1. The van der Waals surface area contributed by atoms with Crippen molar-refractivity contribution in [3.05, 3.63) is 0 Å². The van der Waals surface area contributed by atoms with Crippen molar-refractivity contribution in [1.29, 1.82) is 0 Å². The summed E-state index contributed by atoms with van der Waals surface area (Å²) in [4.78, 5) is 16.6. The Balaban J connectivity index is 2.40. The van der Waals surface area contributed by atoms with Gasteiger partial charge in [-0.1, -0.05) is 26.1 Å². The molecule has 5 heteroatoms. The summed E-state index contributed by atoms with van der Waals surface area (Å²) in [6.45, 7) is 9.47. The van der Waals surface area contributed by atoms with Crippen molar-refractivity contribution in [3.63, 3.8) is 0 Å². The van der Waals surface area contributed by atoms with E-state index in [0.29, 0.717) is 17.3 Å². The first-order valence-electron chi connectivity index (χ1n) is 6.23. The molecular weight excluding hydrogens is 234 g/mol. The van der Waals surface area contributed by atoms with Gasteiger partial charge in [0.15, 0.2) is 0 Å². The van der Waals surface area contributed by atoms with Crippen molar-refractivity contribution in [2.45, 2.75) is 33.2 Å². The standard InChI is InChI=1S/C12H23N3OS/c1-9(2)8-11(16)15-6-4-14(5-7-15)10(3)12(13)17/h9-10H,4-8H2,1-3H3,(H2,13,17). The number of nitrogens with two attached hydrogens (primary N) is 1. The average Bonchev–Trinajstić information content (AvgIpc) is 2.27. The Bertz CT molecular complexity index is 285. The Morgan fingerprint density at radius 2 is 1.76 bits per heavy atom. The van der Waals surface area contributed by atoms with Crippen LogP contribution in [0.25, 0.3) is 0 Å². The molecule has 0 saturated carbocycles. The molecule has 17 heavy (non-hydrogen) atoms. The monoisotopic (exact) mass is 257 g/mol. The largest absolute Gasteiger partial charge is 0.392 e. The minimum atomic E-state index is 0.132. The number of hydrogen-bond donors (Lipinski definition) is 1. The Morgan fingerprint density at radius 1 is 1.24 bits per heavy atom. The highest BCUT2D eigenvalue weighted by Gasteiger charge is 2.24. The molecule has 0 bridgehead atoms. The van der Waals surface area contributed by atoms with E-state index in [1.165, 1.54) is 0 Å². The lowest BCUT2D eigenvalue weighted by Crippen LogP contribution is -2.54. The van der Waals surface area contributed by atoms with Crippen molar-refractivity contribution < 1.29 is 4.79 Å². The Morgan fingerprint density at radius 3 is 2.18 bits per heavy atom. The smallest absolute Gasteiger partial charge is 0.222 e. The van der Waals surface area contributed by atoms with Crippen LogP contribution in [0.3, 0.4) is 0 Å². The summed E-state index contributed by atoms with van der Waals surface area (Å²) < 4.78 is 0. The first-order chi connectivity index (χ1) is 7.91. The molecule has 1 unspecified atom stereocenters. The molecule has 1 rings (SSSR count). The second-order valence-electron chi connectivity index (χ2n) is 5.09. The number of hydrogen-bond acceptors (Lipinski definition) is 3. The number of carbonyl (C=O) groups excluding carboxylic acids is 1. The molecule has 0 aliphatic carbocycles. The van der Waals surface area contributed by atoms with Crippen molar-refractivity contribution in [2.24, 2.45) is 11.7 Å². The highest BCUT2D eigenvalue weighted by molar-refractivity contribution is 7.80. The maximum atomic E-state index is 11.9. The zero-order chi connectivity index (χ0) is 13.0. The number of piperazine rings is 1. The fourth-order valence-corrected chi connectivity index (χ4v) is 2.17. The summed E-state index contributed by atoms with van der Waals surface area (Å²) >= 11 is 4.99. The number of rotatable bonds is 4. The normalized spacial score (nSPS) is 19.4. The van der Waals surface area contributed by atoms with Gasteiger partial charge in [0, 0.05) is 32.6 Å². The summed E-state index contributed by atoms with van der Waals surface area (Å²) in [7, 11) is 0. The second kappa shape index (κ2) is 6.31. The van der Waals surface area contributed by atoms with Crippen molar-refractivity contribution in [3.8, 4) is 0 Å². The van der Waals surface area contributed by atoms with E-state index in [4.69, 9.17) is 18.0 Å². The average molecular weight is 257 g/mol. The van der Waals surface area contributed by atoms with E-state index in [-0.39, 0.29) is 11.9 Å². The molecule has 0 radical (unpaired) electrons. The lowest BCUT2D eigenvalue weighted by molar-refractivity contribution is -0.133. The molecule has 0 aromatic carbocycles. The number of amides is 1. The molecule has 0 aromatic heterocycles. The van der Waals surface area contributed by atoms with E-state index in [1.807, 2.05) is 11.8 Å². The van der Waals surface area contributed by atoms with E-state index >= 15 is 0 Å². The van der Waals surface area contributed by atoms with E-state index in [9.17, 15) is 4.79 Å². The van der Waals surface area contributed by atoms with Crippen molar-refractivity contribution in [2.75, 3.05) is 26.2 Å². The number of carbonyl (C=O) groups is 1. The molecule has 4 nitrogen and oxygen atoms in total. The zero-order valence-electron chi connectivity index (χ0n) is 11.0. The number of nitrogens with zero attached hydrogens (tertiary/aromatic N) is 2. The summed E-state index contributed by atoms with van der Waals surface area (Å²) in [5.41, 5.74) is 5.64. The molecule has 1 aliphatic rings. The predicted octanol–water partition coefficient (Wildman–Crippen LogP) is 0.851. The Kier molecular flexibility index (Phi) is 5.33. The molecule has 1 amide bonds. The second-order valence-corrected chi connectivity index (χ2v) is 5.56. The molecule has 1 fully saturated rings. The Labute approximate surface area is 109 Å². The molecule has 1 heterocycles.